The Bertz CT molecular complexity index is 740. The summed E-state index contributed by atoms with van der Waals surface area (Å²) in [6.07, 6.45) is 15.0. The third kappa shape index (κ3) is 3.14. The first kappa shape index (κ1) is 20.4. The summed E-state index contributed by atoms with van der Waals surface area (Å²) in [7, 11) is 0.432. The quantitative estimate of drug-likeness (QED) is 0.360. The van der Waals surface area contributed by atoms with Crippen molar-refractivity contribution in [3.8, 4) is 0 Å². The molecule has 0 spiro atoms. The number of rotatable bonds is 3. The summed E-state index contributed by atoms with van der Waals surface area (Å²) in [6.45, 7) is 12.4. The number of ether oxygens (including phenoxy) is 1. The van der Waals surface area contributed by atoms with Crippen molar-refractivity contribution >= 4 is 13.5 Å². The van der Waals surface area contributed by atoms with Gasteiger partial charge in [0.1, 0.15) is 0 Å². The molecule has 156 valence electrons. The van der Waals surface area contributed by atoms with Gasteiger partial charge in [-0.3, -0.25) is 0 Å². The van der Waals surface area contributed by atoms with Gasteiger partial charge < -0.3 is 0 Å². The van der Waals surface area contributed by atoms with Gasteiger partial charge in [-0.05, 0) is 0 Å². The molecule has 0 N–H and O–H groups in total. The van der Waals surface area contributed by atoms with Crippen molar-refractivity contribution in [2.24, 2.45) is 28.6 Å². The molecule has 2 saturated carbocycles. The number of carbonyl (C=O) groups excluding carboxylic acids is 1. The molecule has 5 atom stereocenters. The molecule has 0 amide bonds. The minimum absolute atomic E-state index is 0.189. The zero-order valence-corrected chi connectivity index (χ0v) is 19.1. The molecule has 2 heterocycles. The molecule has 4 rings (SSSR count). The summed E-state index contributed by atoms with van der Waals surface area (Å²) < 4.78 is 11.1. The van der Waals surface area contributed by atoms with Crippen LogP contribution in [-0.4, -0.2) is 38.7 Å². The Hall–Kier alpha value is -0.920. The fourth-order valence-electron chi connectivity index (χ4n) is 7.13. The van der Waals surface area contributed by atoms with Gasteiger partial charge in [0.25, 0.3) is 0 Å². The van der Waals surface area contributed by atoms with Gasteiger partial charge in [-0.15, -0.1) is 0 Å². The number of esters is 1. The fourth-order valence-corrected chi connectivity index (χ4v) is 10.5. The predicted molar refractivity (Wildman–Crippen MR) is 118 cm³/mol. The molecule has 1 saturated heterocycles. The molecule has 4 heteroatoms. The van der Waals surface area contributed by atoms with Gasteiger partial charge in [0.2, 0.25) is 0 Å². The Morgan fingerprint density at radius 1 is 1.29 bits per heavy atom. The van der Waals surface area contributed by atoms with E-state index in [0.29, 0.717) is 23.5 Å². The molecule has 3 nitrogen and oxygen atoms in total. The van der Waals surface area contributed by atoms with Crippen LogP contribution in [0.2, 0.25) is 0 Å². The van der Waals surface area contributed by atoms with E-state index < -0.39 is 7.49 Å². The summed E-state index contributed by atoms with van der Waals surface area (Å²) in [5.74, 6) is 1.69. The SMILES string of the molecule is C=C1CCC2C3(C)CC[PH](C)(OC)CC3CCC2(C)C1/C=C/C1=CCOC1=O. The second kappa shape index (κ2) is 7.10. The first-order chi connectivity index (χ1) is 13.2. The van der Waals surface area contributed by atoms with Crippen LogP contribution in [0, 0.1) is 28.6 Å². The first-order valence-corrected chi connectivity index (χ1v) is 13.8. The molecule has 28 heavy (non-hydrogen) atoms. The van der Waals surface area contributed by atoms with Crippen LogP contribution in [0.4, 0.5) is 0 Å². The van der Waals surface area contributed by atoms with Crippen LogP contribution < -0.4 is 0 Å². The molecule has 2 aliphatic carbocycles. The number of hydrogen-bond donors (Lipinski definition) is 0. The third-order valence-corrected chi connectivity index (χ3v) is 12.7. The molecular formula is C24H37O3P. The van der Waals surface area contributed by atoms with Gasteiger partial charge in [-0.25, -0.2) is 0 Å². The molecule has 0 aromatic rings. The number of cyclic esters (lactones) is 1. The van der Waals surface area contributed by atoms with Gasteiger partial charge in [-0.1, -0.05) is 0 Å². The molecule has 3 fully saturated rings. The molecular weight excluding hydrogens is 367 g/mol. The summed E-state index contributed by atoms with van der Waals surface area (Å²) in [6, 6.07) is 0. The van der Waals surface area contributed by atoms with Crippen molar-refractivity contribution < 1.29 is 14.1 Å². The average molecular weight is 405 g/mol. The molecule has 0 aromatic heterocycles. The summed E-state index contributed by atoms with van der Waals surface area (Å²) >= 11 is 0. The van der Waals surface area contributed by atoms with Crippen LogP contribution in [-0.2, 0) is 14.1 Å². The van der Waals surface area contributed by atoms with Gasteiger partial charge in [0.15, 0.2) is 0 Å². The van der Waals surface area contributed by atoms with E-state index >= 15 is 0 Å². The molecule has 0 radical (unpaired) electrons. The van der Waals surface area contributed by atoms with E-state index in [2.05, 4.69) is 33.2 Å². The van der Waals surface area contributed by atoms with Crippen molar-refractivity contribution in [1.82, 2.24) is 0 Å². The molecule has 0 aromatic carbocycles. The Morgan fingerprint density at radius 3 is 2.75 bits per heavy atom. The maximum absolute atomic E-state index is 11.8. The van der Waals surface area contributed by atoms with Gasteiger partial charge in [0.05, 0.1) is 0 Å². The standard InChI is InChI=1S/C24H37O3P/c1-17-6-9-21-23(2)13-15-28(5,26-4)16-19(23)10-12-24(21,3)20(17)8-7-18-11-14-27-22(18)25/h7-8,11,19-21,28H,1,6,9-10,12-16H2,2-5H3/b8-7+. The number of fused-ring (bicyclic) bond motifs is 3. The summed E-state index contributed by atoms with van der Waals surface area (Å²) in [4.78, 5) is 11.8. The van der Waals surface area contributed by atoms with Gasteiger partial charge >= 0.3 is 171 Å². The second-order valence-corrected chi connectivity index (χ2v) is 14.7. The van der Waals surface area contributed by atoms with E-state index in [-0.39, 0.29) is 11.4 Å². The Labute approximate surface area is 171 Å². The monoisotopic (exact) mass is 404 g/mol. The fraction of sp³-hybridized carbons (Fsp3) is 0.708. The normalized spacial score (nSPS) is 43.9. The third-order valence-electron chi connectivity index (χ3n) is 9.05. The van der Waals surface area contributed by atoms with Crippen molar-refractivity contribution in [2.45, 2.75) is 46.0 Å². The predicted octanol–water partition coefficient (Wildman–Crippen LogP) is 5.38. The number of hydrogen-bond acceptors (Lipinski definition) is 3. The molecule has 0 bridgehead atoms. The van der Waals surface area contributed by atoms with E-state index in [1.54, 1.807) is 0 Å². The van der Waals surface area contributed by atoms with Crippen LogP contribution in [0.5, 0.6) is 0 Å². The second-order valence-electron chi connectivity index (χ2n) is 10.4. The van der Waals surface area contributed by atoms with Crippen molar-refractivity contribution in [3.05, 3.63) is 36.0 Å². The molecule has 2 aliphatic heterocycles. The van der Waals surface area contributed by atoms with Gasteiger partial charge in [0, 0.05) is 0 Å². The topological polar surface area (TPSA) is 35.5 Å². The minimum atomic E-state index is -1.51. The Balaban J connectivity index is 1.62. The van der Waals surface area contributed by atoms with Crippen LogP contribution in [0.3, 0.4) is 0 Å². The summed E-state index contributed by atoms with van der Waals surface area (Å²) in [5, 5.41) is 0. The van der Waals surface area contributed by atoms with E-state index in [4.69, 9.17) is 9.26 Å². The molecule has 5 unspecified atom stereocenters. The van der Waals surface area contributed by atoms with Crippen LogP contribution in [0.15, 0.2) is 36.0 Å². The zero-order chi connectivity index (χ0) is 20.2. The van der Waals surface area contributed by atoms with E-state index in [1.165, 1.54) is 43.6 Å². The zero-order valence-electron chi connectivity index (χ0n) is 18.1. The van der Waals surface area contributed by atoms with E-state index in [1.807, 2.05) is 19.3 Å². The van der Waals surface area contributed by atoms with E-state index in [9.17, 15) is 4.79 Å². The number of carbonyl (C=O) groups is 1. The Morgan fingerprint density at radius 2 is 2.07 bits per heavy atom. The maximum atomic E-state index is 11.8. The van der Waals surface area contributed by atoms with Gasteiger partial charge in [-0.2, -0.15) is 0 Å². The van der Waals surface area contributed by atoms with Crippen molar-refractivity contribution in [1.29, 1.82) is 0 Å². The van der Waals surface area contributed by atoms with Crippen LogP contribution in [0.1, 0.15) is 46.0 Å². The van der Waals surface area contributed by atoms with E-state index in [0.717, 1.165) is 18.3 Å². The number of allylic oxidation sites excluding steroid dienone is 2. The van der Waals surface area contributed by atoms with Crippen molar-refractivity contribution in [2.75, 3.05) is 32.7 Å². The van der Waals surface area contributed by atoms with Crippen molar-refractivity contribution in [3.63, 3.8) is 0 Å². The molecule has 4 aliphatic rings. The van der Waals surface area contributed by atoms with Crippen LogP contribution in [0.25, 0.3) is 0 Å². The average Bonchev–Trinajstić information content (AvgIpc) is 3.07. The van der Waals surface area contributed by atoms with Crippen LogP contribution >= 0.6 is 7.49 Å². The summed E-state index contributed by atoms with van der Waals surface area (Å²) in [5.41, 5.74) is 2.70. The Kier molecular flexibility index (Phi) is 5.16. The first-order valence-electron chi connectivity index (χ1n) is 11.0.